The zero-order valence-electron chi connectivity index (χ0n) is 17.8. The number of carbonyl (C=O) groups is 2. The lowest BCUT2D eigenvalue weighted by Gasteiger charge is -2.05. The fourth-order valence-electron chi connectivity index (χ4n) is 3.15. The molecule has 0 N–H and O–H groups in total. The number of rotatable bonds is 13. The van der Waals surface area contributed by atoms with E-state index in [1.165, 1.54) is 38.5 Å². The molecule has 0 aromatic heterocycles. The monoisotopic (exact) mass is 408 g/mol. The van der Waals surface area contributed by atoms with Crippen LogP contribution in [-0.2, 0) is 14.3 Å². The van der Waals surface area contributed by atoms with Crippen LogP contribution >= 0.6 is 0 Å². The van der Waals surface area contributed by atoms with Gasteiger partial charge in [-0.15, -0.1) is 0 Å². The average molecular weight is 409 g/mol. The van der Waals surface area contributed by atoms with E-state index in [0.29, 0.717) is 5.75 Å². The minimum absolute atomic E-state index is 0.206. The van der Waals surface area contributed by atoms with Gasteiger partial charge in [0, 0.05) is 17.5 Å². The van der Waals surface area contributed by atoms with Crippen LogP contribution in [0.25, 0.3) is 10.8 Å². The van der Waals surface area contributed by atoms with Gasteiger partial charge >= 0.3 is 11.9 Å². The van der Waals surface area contributed by atoms with Crippen LogP contribution in [0.5, 0.6) is 5.75 Å². The summed E-state index contributed by atoms with van der Waals surface area (Å²) in [6.07, 6.45) is 16.0. The van der Waals surface area contributed by atoms with Crippen molar-refractivity contribution in [2.45, 2.75) is 58.3 Å². The van der Waals surface area contributed by atoms with Gasteiger partial charge in [-0.1, -0.05) is 94.0 Å². The molecule has 0 heterocycles. The topological polar surface area (TPSA) is 52.6 Å². The van der Waals surface area contributed by atoms with Crippen molar-refractivity contribution in [1.29, 1.82) is 0 Å². The first-order valence-corrected chi connectivity index (χ1v) is 10.9. The van der Waals surface area contributed by atoms with Crippen LogP contribution in [0.15, 0.2) is 66.8 Å². The lowest BCUT2D eigenvalue weighted by molar-refractivity contribution is -0.137. The standard InChI is InChI=1S/C26H32O4/c1-2-3-4-5-6-7-8-9-10-13-21-29-25(27)19-20-26(28)30-24-18-14-16-22-15-11-12-17-23(22)24/h10-20H,2-9,21H2,1H3/b13-10+,20-19+. The lowest BCUT2D eigenvalue weighted by Crippen LogP contribution is -2.07. The van der Waals surface area contributed by atoms with Gasteiger partial charge in [0.05, 0.1) is 0 Å². The van der Waals surface area contributed by atoms with Gasteiger partial charge in [0.2, 0.25) is 0 Å². The third-order valence-electron chi connectivity index (χ3n) is 4.78. The maximum atomic E-state index is 12.0. The number of fused-ring (bicyclic) bond motifs is 1. The quantitative estimate of drug-likeness (QED) is 0.124. The first-order valence-electron chi connectivity index (χ1n) is 10.9. The maximum Gasteiger partial charge on any atom is 0.336 e. The van der Waals surface area contributed by atoms with Crippen LogP contribution in [-0.4, -0.2) is 18.5 Å². The van der Waals surface area contributed by atoms with E-state index in [-0.39, 0.29) is 6.61 Å². The Morgan fingerprint density at radius 3 is 2.33 bits per heavy atom. The van der Waals surface area contributed by atoms with Crippen LogP contribution in [0.2, 0.25) is 0 Å². The van der Waals surface area contributed by atoms with Gasteiger partial charge in [-0.3, -0.25) is 0 Å². The Balaban J connectivity index is 1.62. The van der Waals surface area contributed by atoms with Gasteiger partial charge in [0.25, 0.3) is 0 Å². The number of allylic oxidation sites excluding steroid dienone is 1. The minimum atomic E-state index is -0.613. The van der Waals surface area contributed by atoms with Gasteiger partial charge in [-0.2, -0.15) is 0 Å². The smallest absolute Gasteiger partial charge is 0.336 e. The second-order valence-corrected chi connectivity index (χ2v) is 7.24. The summed E-state index contributed by atoms with van der Waals surface area (Å²) in [5.74, 6) is -0.715. The van der Waals surface area contributed by atoms with Gasteiger partial charge in [-0.05, 0) is 24.3 Å². The van der Waals surface area contributed by atoms with E-state index in [2.05, 4.69) is 6.92 Å². The second kappa shape index (κ2) is 14.2. The van der Waals surface area contributed by atoms with Crippen LogP contribution < -0.4 is 4.74 Å². The highest BCUT2D eigenvalue weighted by atomic mass is 16.5. The van der Waals surface area contributed by atoms with E-state index in [4.69, 9.17) is 9.47 Å². The first kappa shape index (κ1) is 23.4. The Morgan fingerprint density at radius 2 is 1.50 bits per heavy atom. The predicted octanol–water partition coefficient (Wildman–Crippen LogP) is 6.54. The molecule has 0 fully saturated rings. The highest BCUT2D eigenvalue weighted by Gasteiger charge is 2.06. The number of esters is 2. The van der Waals surface area contributed by atoms with Crippen molar-refractivity contribution in [3.05, 3.63) is 66.8 Å². The lowest BCUT2D eigenvalue weighted by atomic mass is 10.1. The van der Waals surface area contributed by atoms with E-state index in [9.17, 15) is 9.59 Å². The third-order valence-corrected chi connectivity index (χ3v) is 4.78. The Labute approximate surface area is 179 Å². The Bertz CT molecular complexity index is 846. The zero-order chi connectivity index (χ0) is 21.4. The molecular formula is C26H32O4. The molecule has 0 amide bonds. The SMILES string of the molecule is CCCCCCCCC/C=C/COC(=O)/C=C/C(=O)Oc1cccc2ccccc12. The highest BCUT2D eigenvalue weighted by Crippen LogP contribution is 2.25. The molecule has 30 heavy (non-hydrogen) atoms. The van der Waals surface area contributed by atoms with Gasteiger partial charge in [-0.25, -0.2) is 9.59 Å². The van der Waals surface area contributed by atoms with Gasteiger partial charge in [0.1, 0.15) is 12.4 Å². The minimum Gasteiger partial charge on any atom is -0.458 e. The van der Waals surface area contributed by atoms with E-state index in [1.54, 1.807) is 6.07 Å². The van der Waals surface area contributed by atoms with Crippen LogP contribution in [0.4, 0.5) is 0 Å². The summed E-state index contributed by atoms with van der Waals surface area (Å²) in [6, 6.07) is 13.1. The van der Waals surface area contributed by atoms with E-state index < -0.39 is 11.9 Å². The number of hydrogen-bond donors (Lipinski definition) is 0. The van der Waals surface area contributed by atoms with Gasteiger partial charge < -0.3 is 9.47 Å². The summed E-state index contributed by atoms with van der Waals surface area (Å²) in [6.45, 7) is 2.43. The molecule has 0 aliphatic carbocycles. The molecular weight excluding hydrogens is 376 g/mol. The molecule has 4 heteroatoms. The molecule has 0 spiro atoms. The summed E-state index contributed by atoms with van der Waals surface area (Å²) in [4.78, 5) is 23.7. The molecule has 0 saturated carbocycles. The van der Waals surface area contributed by atoms with Crippen LogP contribution in [0, 0.1) is 0 Å². The fourth-order valence-corrected chi connectivity index (χ4v) is 3.15. The fraction of sp³-hybridized carbons (Fsp3) is 0.385. The summed E-state index contributed by atoms with van der Waals surface area (Å²) < 4.78 is 10.4. The normalized spacial score (nSPS) is 11.4. The summed E-state index contributed by atoms with van der Waals surface area (Å²) >= 11 is 0. The maximum absolute atomic E-state index is 12.0. The molecule has 0 unspecified atom stereocenters. The highest BCUT2D eigenvalue weighted by molar-refractivity contribution is 5.95. The number of benzene rings is 2. The molecule has 0 saturated heterocycles. The van der Waals surface area contributed by atoms with Crippen molar-refractivity contribution < 1.29 is 19.1 Å². The molecule has 2 aromatic carbocycles. The van der Waals surface area contributed by atoms with Gasteiger partial charge in [0.15, 0.2) is 0 Å². The second-order valence-electron chi connectivity index (χ2n) is 7.24. The Morgan fingerprint density at radius 1 is 0.800 bits per heavy atom. The zero-order valence-corrected chi connectivity index (χ0v) is 17.8. The summed E-state index contributed by atoms with van der Waals surface area (Å²) in [5.41, 5.74) is 0. The van der Waals surface area contributed by atoms with Crippen molar-refractivity contribution in [3.8, 4) is 5.75 Å². The number of ether oxygens (including phenoxy) is 2. The molecule has 2 aromatic rings. The Kier molecular flexibility index (Phi) is 11.0. The van der Waals surface area contributed by atoms with Crippen molar-refractivity contribution in [2.75, 3.05) is 6.61 Å². The van der Waals surface area contributed by atoms with Crippen molar-refractivity contribution in [3.63, 3.8) is 0 Å². The molecule has 0 bridgehead atoms. The van der Waals surface area contributed by atoms with Crippen LogP contribution in [0.1, 0.15) is 58.3 Å². The van der Waals surface area contributed by atoms with E-state index in [1.807, 2.05) is 48.6 Å². The van der Waals surface area contributed by atoms with E-state index in [0.717, 1.165) is 35.8 Å². The summed E-state index contributed by atoms with van der Waals surface area (Å²) in [7, 11) is 0. The van der Waals surface area contributed by atoms with Crippen molar-refractivity contribution in [2.24, 2.45) is 0 Å². The van der Waals surface area contributed by atoms with Crippen molar-refractivity contribution >= 4 is 22.7 Å². The average Bonchev–Trinajstić information content (AvgIpc) is 2.76. The van der Waals surface area contributed by atoms with E-state index >= 15 is 0 Å². The molecule has 0 aliphatic rings. The predicted molar refractivity (Wildman–Crippen MR) is 121 cm³/mol. The molecule has 160 valence electrons. The first-order chi connectivity index (χ1) is 14.7. The number of carbonyl (C=O) groups excluding carboxylic acids is 2. The Hall–Kier alpha value is -2.88. The molecule has 4 nitrogen and oxygen atoms in total. The molecule has 0 aliphatic heterocycles. The number of hydrogen-bond acceptors (Lipinski definition) is 4. The van der Waals surface area contributed by atoms with Crippen LogP contribution in [0.3, 0.4) is 0 Å². The molecule has 2 rings (SSSR count). The summed E-state index contributed by atoms with van der Waals surface area (Å²) in [5, 5.41) is 1.82. The molecule has 0 atom stereocenters. The molecule has 0 radical (unpaired) electrons. The van der Waals surface area contributed by atoms with Crippen molar-refractivity contribution in [1.82, 2.24) is 0 Å². The third kappa shape index (κ3) is 9.08. The number of unbranched alkanes of at least 4 members (excludes halogenated alkanes) is 7. The largest absolute Gasteiger partial charge is 0.458 e.